The van der Waals surface area contributed by atoms with E-state index in [4.69, 9.17) is 9.15 Å². The lowest BCUT2D eigenvalue weighted by molar-refractivity contribution is 0.234. The van der Waals surface area contributed by atoms with Gasteiger partial charge >= 0.3 is 0 Å². The van der Waals surface area contributed by atoms with E-state index in [2.05, 4.69) is 25.7 Å². The van der Waals surface area contributed by atoms with Crippen molar-refractivity contribution in [1.82, 2.24) is 20.9 Å². The summed E-state index contributed by atoms with van der Waals surface area (Å²) in [4.78, 5) is 4.29. The van der Waals surface area contributed by atoms with Gasteiger partial charge in [0, 0.05) is 26.9 Å². The normalized spacial score (nSPS) is 14.2. The van der Waals surface area contributed by atoms with Gasteiger partial charge < -0.3 is 9.84 Å². The van der Waals surface area contributed by atoms with Crippen LogP contribution in [0.5, 0.6) is 0 Å². The number of rotatable bonds is 8. The lowest BCUT2D eigenvalue weighted by Crippen LogP contribution is -2.24. The molecule has 1 heterocycles. The first-order valence-electron chi connectivity index (χ1n) is 7.46. The Morgan fingerprint density at radius 2 is 2.20 bits per heavy atom. The maximum absolute atomic E-state index is 11.7. The summed E-state index contributed by atoms with van der Waals surface area (Å²) >= 11 is 0. The first kappa shape index (κ1) is 19.1. The van der Waals surface area contributed by atoms with Crippen molar-refractivity contribution in [2.75, 3.05) is 32.2 Å². The van der Waals surface area contributed by atoms with Crippen LogP contribution >= 0.6 is 7.52 Å². The van der Waals surface area contributed by atoms with E-state index < -0.39 is 7.52 Å². The highest BCUT2D eigenvalue weighted by Crippen LogP contribution is 2.35. The van der Waals surface area contributed by atoms with Gasteiger partial charge in [0.25, 0.3) is 7.52 Å². The third kappa shape index (κ3) is 5.64. The molecule has 2 aromatic rings. The molecule has 0 aliphatic carbocycles. The number of hydrogen-bond acceptors (Lipinski definition) is 8. The Kier molecular flexibility index (Phi) is 6.65. The monoisotopic (exact) mass is 368 g/mol. The highest BCUT2D eigenvalue weighted by molar-refractivity contribution is 7.56. The summed E-state index contributed by atoms with van der Waals surface area (Å²) in [6.07, 6.45) is 0. The second kappa shape index (κ2) is 8.72. The maximum Gasteiger partial charge on any atom is 0.266 e. The molecule has 10 nitrogen and oxygen atoms in total. The highest BCUT2D eigenvalue weighted by atomic mass is 31.2. The van der Waals surface area contributed by atoms with Gasteiger partial charge in [-0.25, -0.2) is 14.7 Å². The first-order chi connectivity index (χ1) is 11.9. The van der Waals surface area contributed by atoms with Gasteiger partial charge in [-0.15, -0.1) is 0 Å². The third-order valence-electron chi connectivity index (χ3n) is 3.23. The van der Waals surface area contributed by atoms with Crippen LogP contribution in [0.1, 0.15) is 11.3 Å². The first-order valence-corrected chi connectivity index (χ1v) is 9.53. The van der Waals surface area contributed by atoms with E-state index in [1.807, 2.05) is 30.6 Å². The van der Waals surface area contributed by atoms with Gasteiger partial charge in [0.2, 0.25) is 5.82 Å². The Hall–Kier alpha value is -2.26. The molecule has 1 aromatic carbocycles. The van der Waals surface area contributed by atoms with Gasteiger partial charge in [-0.05, 0) is 34.9 Å². The van der Waals surface area contributed by atoms with E-state index in [0.29, 0.717) is 18.8 Å². The molecule has 25 heavy (non-hydrogen) atoms. The molecule has 2 rings (SSSR count). The number of hydrogen-bond donors (Lipinski definition) is 4. The summed E-state index contributed by atoms with van der Waals surface area (Å²) in [6.45, 7) is 4.17. The molecule has 1 aromatic heterocycles. The fourth-order valence-electron chi connectivity index (χ4n) is 1.92. The molecule has 11 heteroatoms. The lowest BCUT2D eigenvalue weighted by atomic mass is 10.2. The van der Waals surface area contributed by atoms with Gasteiger partial charge in [-0.3, -0.25) is 15.3 Å². The SMILES string of the molecule is COP(C)(=O)NCCNc1nonc1C(=Nc1cccc(C)c1)NO. The summed E-state index contributed by atoms with van der Waals surface area (Å²) in [5, 5.41) is 22.6. The molecule has 0 spiro atoms. The van der Waals surface area contributed by atoms with Gasteiger partial charge in [0.05, 0.1) is 5.69 Å². The second-order valence-electron chi connectivity index (χ2n) is 5.24. The van der Waals surface area contributed by atoms with Crippen LogP contribution in [0.15, 0.2) is 33.9 Å². The average Bonchev–Trinajstić information content (AvgIpc) is 3.05. The molecule has 1 atom stereocenters. The summed E-state index contributed by atoms with van der Waals surface area (Å²) in [6, 6.07) is 7.44. The molecular weight excluding hydrogens is 347 g/mol. The van der Waals surface area contributed by atoms with Crippen molar-refractivity contribution in [3.63, 3.8) is 0 Å². The zero-order valence-corrected chi connectivity index (χ0v) is 15.1. The number of nitrogens with zero attached hydrogens (tertiary/aromatic N) is 3. The number of aryl methyl sites for hydroxylation is 1. The topological polar surface area (TPSA) is 134 Å². The smallest absolute Gasteiger partial charge is 0.266 e. The van der Waals surface area contributed by atoms with E-state index in [9.17, 15) is 9.77 Å². The van der Waals surface area contributed by atoms with Crippen LogP contribution in [0, 0.1) is 6.92 Å². The Labute approximate surface area is 145 Å². The highest BCUT2D eigenvalue weighted by Gasteiger charge is 2.17. The van der Waals surface area contributed by atoms with Crippen molar-refractivity contribution in [3.8, 4) is 0 Å². The van der Waals surface area contributed by atoms with Gasteiger partial charge in [0.15, 0.2) is 11.5 Å². The molecule has 0 radical (unpaired) electrons. The summed E-state index contributed by atoms with van der Waals surface area (Å²) < 4.78 is 21.3. The third-order valence-corrected chi connectivity index (χ3v) is 4.72. The van der Waals surface area contributed by atoms with Crippen LogP contribution in [-0.4, -0.2) is 48.2 Å². The second-order valence-corrected chi connectivity index (χ2v) is 7.61. The number of benzene rings is 1. The molecule has 4 N–H and O–H groups in total. The van der Waals surface area contributed by atoms with Crippen molar-refractivity contribution < 1.29 is 18.9 Å². The Morgan fingerprint density at radius 1 is 1.40 bits per heavy atom. The largest absolute Gasteiger partial charge is 0.364 e. The van der Waals surface area contributed by atoms with Crippen LogP contribution < -0.4 is 15.9 Å². The molecule has 0 aliphatic rings. The average molecular weight is 368 g/mol. The quantitative estimate of drug-likeness (QED) is 0.181. The number of anilines is 1. The minimum absolute atomic E-state index is 0.0837. The number of nitrogens with one attached hydrogen (secondary N) is 3. The Morgan fingerprint density at radius 3 is 2.88 bits per heavy atom. The van der Waals surface area contributed by atoms with Crippen LogP contribution in [0.2, 0.25) is 0 Å². The molecule has 0 aliphatic heterocycles. The fourth-order valence-corrected chi connectivity index (χ4v) is 2.57. The number of hydroxylamine groups is 1. The molecule has 0 bridgehead atoms. The van der Waals surface area contributed by atoms with Crippen LogP contribution in [0.25, 0.3) is 0 Å². The summed E-state index contributed by atoms with van der Waals surface area (Å²) in [5.74, 6) is 0.374. The van der Waals surface area contributed by atoms with Crippen LogP contribution in [-0.2, 0) is 9.09 Å². The Balaban J connectivity index is 2.07. The van der Waals surface area contributed by atoms with Crippen molar-refractivity contribution in [1.29, 1.82) is 0 Å². The predicted molar refractivity (Wildman–Crippen MR) is 93.6 cm³/mol. The van der Waals surface area contributed by atoms with E-state index in [1.165, 1.54) is 13.8 Å². The van der Waals surface area contributed by atoms with Crippen molar-refractivity contribution in [2.45, 2.75) is 6.92 Å². The van der Waals surface area contributed by atoms with E-state index in [-0.39, 0.29) is 17.3 Å². The zero-order chi connectivity index (χ0) is 18.3. The van der Waals surface area contributed by atoms with Crippen molar-refractivity contribution in [2.24, 2.45) is 4.99 Å². The minimum Gasteiger partial charge on any atom is -0.364 e. The maximum atomic E-state index is 11.7. The summed E-state index contributed by atoms with van der Waals surface area (Å²) in [7, 11) is -1.42. The number of amidine groups is 1. The van der Waals surface area contributed by atoms with Crippen molar-refractivity contribution >= 4 is 24.9 Å². The molecule has 0 saturated carbocycles. The molecule has 1 unspecified atom stereocenters. The van der Waals surface area contributed by atoms with E-state index in [0.717, 1.165) is 5.56 Å². The fraction of sp³-hybridized carbons (Fsp3) is 0.357. The van der Waals surface area contributed by atoms with E-state index in [1.54, 1.807) is 6.07 Å². The van der Waals surface area contributed by atoms with Gasteiger partial charge in [-0.1, -0.05) is 12.1 Å². The number of aliphatic imine (C=N–C) groups is 1. The molecular formula is C14H21N6O4P. The van der Waals surface area contributed by atoms with Gasteiger partial charge in [-0.2, -0.15) is 0 Å². The Bertz CT molecular complexity index is 778. The summed E-state index contributed by atoms with van der Waals surface area (Å²) in [5.41, 5.74) is 3.89. The predicted octanol–water partition coefficient (Wildman–Crippen LogP) is 1.91. The number of aromatic nitrogens is 2. The lowest BCUT2D eigenvalue weighted by Gasteiger charge is -2.12. The van der Waals surface area contributed by atoms with E-state index >= 15 is 0 Å². The van der Waals surface area contributed by atoms with Gasteiger partial charge in [0.1, 0.15) is 0 Å². The molecule has 136 valence electrons. The van der Waals surface area contributed by atoms with Crippen molar-refractivity contribution in [3.05, 3.63) is 35.5 Å². The molecule has 0 fully saturated rings. The molecule has 0 saturated heterocycles. The van der Waals surface area contributed by atoms with Crippen LogP contribution in [0.4, 0.5) is 11.5 Å². The van der Waals surface area contributed by atoms with Crippen LogP contribution in [0.3, 0.4) is 0 Å². The standard InChI is InChI=1S/C14H21N6O4P/c1-10-5-4-6-11(9-10)17-14(18-21)12-13(20-24-19-12)15-7-8-16-25(3,22)23-2/h4-6,9,21H,7-8H2,1-3H3,(H,15,20)(H,16,22)(H,17,18). The molecule has 0 amide bonds. The minimum atomic E-state index is -2.79. The zero-order valence-electron chi connectivity index (χ0n) is 14.2.